The first-order valence-electron chi connectivity index (χ1n) is 6.05. The van der Waals surface area contributed by atoms with Gasteiger partial charge in [-0.3, -0.25) is 4.79 Å². The van der Waals surface area contributed by atoms with Crippen LogP contribution >= 0.6 is 23.1 Å². The number of aromatic nitrogens is 2. The SMILES string of the molecule is COc1cc(C(=O)c2snnc2C(C)(C)C)ccc1Cl. The Balaban J connectivity index is 2.45. The van der Waals surface area contributed by atoms with Crippen molar-refractivity contribution >= 4 is 28.9 Å². The Labute approximate surface area is 126 Å². The van der Waals surface area contributed by atoms with E-state index in [1.165, 1.54) is 7.11 Å². The van der Waals surface area contributed by atoms with E-state index in [9.17, 15) is 4.79 Å². The molecule has 1 aromatic heterocycles. The number of carbonyl (C=O) groups is 1. The van der Waals surface area contributed by atoms with Crippen LogP contribution in [-0.2, 0) is 5.41 Å². The quantitative estimate of drug-likeness (QED) is 0.811. The van der Waals surface area contributed by atoms with Gasteiger partial charge in [0.15, 0.2) is 0 Å². The summed E-state index contributed by atoms with van der Waals surface area (Å²) in [5.41, 5.74) is 0.998. The van der Waals surface area contributed by atoms with E-state index in [4.69, 9.17) is 16.3 Å². The summed E-state index contributed by atoms with van der Waals surface area (Å²) in [4.78, 5) is 13.1. The first-order valence-corrected chi connectivity index (χ1v) is 7.21. The highest BCUT2D eigenvalue weighted by atomic mass is 35.5. The van der Waals surface area contributed by atoms with Gasteiger partial charge in [-0.1, -0.05) is 36.9 Å². The van der Waals surface area contributed by atoms with E-state index in [1.54, 1.807) is 18.2 Å². The number of methoxy groups -OCH3 is 1. The molecule has 4 nitrogen and oxygen atoms in total. The highest BCUT2D eigenvalue weighted by Crippen LogP contribution is 2.30. The standard InChI is InChI=1S/C14H15ClN2O2S/c1-14(2,3)13-12(20-17-16-13)11(18)8-5-6-9(15)10(7-8)19-4/h5-7H,1-4H3. The topological polar surface area (TPSA) is 52.1 Å². The van der Waals surface area contributed by atoms with E-state index in [1.807, 2.05) is 20.8 Å². The molecule has 0 saturated heterocycles. The van der Waals surface area contributed by atoms with Gasteiger partial charge in [0.05, 0.1) is 17.8 Å². The molecule has 0 spiro atoms. The fourth-order valence-electron chi connectivity index (χ4n) is 1.76. The van der Waals surface area contributed by atoms with Crippen molar-refractivity contribution < 1.29 is 9.53 Å². The van der Waals surface area contributed by atoms with Crippen LogP contribution in [0.3, 0.4) is 0 Å². The van der Waals surface area contributed by atoms with E-state index in [-0.39, 0.29) is 11.2 Å². The van der Waals surface area contributed by atoms with Gasteiger partial charge in [-0.05, 0) is 29.7 Å². The summed E-state index contributed by atoms with van der Waals surface area (Å²) in [6.07, 6.45) is 0. The molecule has 2 rings (SSSR count). The maximum atomic E-state index is 12.6. The summed E-state index contributed by atoms with van der Waals surface area (Å²) in [5.74, 6) is 0.368. The second kappa shape index (κ2) is 5.50. The molecule has 2 aromatic rings. The van der Waals surface area contributed by atoms with Crippen LogP contribution in [0.2, 0.25) is 5.02 Å². The van der Waals surface area contributed by atoms with Gasteiger partial charge < -0.3 is 4.74 Å². The molecule has 1 heterocycles. The molecule has 0 amide bonds. The molecule has 0 fully saturated rings. The largest absolute Gasteiger partial charge is 0.495 e. The van der Waals surface area contributed by atoms with Gasteiger partial charge in [0.1, 0.15) is 10.6 Å². The monoisotopic (exact) mass is 310 g/mol. The smallest absolute Gasteiger partial charge is 0.206 e. The van der Waals surface area contributed by atoms with E-state index in [0.29, 0.717) is 26.9 Å². The fourth-order valence-corrected chi connectivity index (χ4v) is 2.80. The van der Waals surface area contributed by atoms with Crippen LogP contribution in [0.1, 0.15) is 41.7 Å². The molecule has 0 bridgehead atoms. The van der Waals surface area contributed by atoms with Crippen molar-refractivity contribution in [3.63, 3.8) is 0 Å². The molecular formula is C14H15ClN2O2S. The Morgan fingerprint density at radius 3 is 2.65 bits per heavy atom. The van der Waals surface area contributed by atoms with Crippen LogP contribution < -0.4 is 4.74 Å². The number of nitrogens with zero attached hydrogens (tertiary/aromatic N) is 2. The van der Waals surface area contributed by atoms with E-state index in [0.717, 1.165) is 11.5 Å². The van der Waals surface area contributed by atoms with Gasteiger partial charge in [0, 0.05) is 11.0 Å². The summed E-state index contributed by atoms with van der Waals surface area (Å²) in [6, 6.07) is 4.97. The normalized spacial score (nSPS) is 11.4. The van der Waals surface area contributed by atoms with Crippen LogP contribution in [0, 0.1) is 0 Å². The van der Waals surface area contributed by atoms with Crippen LogP contribution in [0.15, 0.2) is 18.2 Å². The van der Waals surface area contributed by atoms with Crippen LogP contribution in [0.25, 0.3) is 0 Å². The molecular weight excluding hydrogens is 296 g/mol. The number of hydrogen-bond donors (Lipinski definition) is 0. The molecule has 106 valence electrons. The predicted molar refractivity (Wildman–Crippen MR) is 80.0 cm³/mol. The van der Waals surface area contributed by atoms with Gasteiger partial charge in [-0.2, -0.15) is 0 Å². The number of halogens is 1. The van der Waals surface area contributed by atoms with Crippen molar-refractivity contribution in [3.05, 3.63) is 39.4 Å². The summed E-state index contributed by atoms with van der Waals surface area (Å²) in [7, 11) is 1.52. The lowest BCUT2D eigenvalue weighted by Crippen LogP contribution is -2.16. The lowest BCUT2D eigenvalue weighted by atomic mass is 9.90. The molecule has 0 aliphatic heterocycles. The number of ketones is 1. The molecule has 0 atom stereocenters. The number of carbonyl (C=O) groups excluding carboxylic acids is 1. The Morgan fingerprint density at radius 2 is 2.05 bits per heavy atom. The molecule has 0 aliphatic rings. The number of benzene rings is 1. The van der Waals surface area contributed by atoms with Crippen molar-refractivity contribution in [2.24, 2.45) is 0 Å². The zero-order valence-electron chi connectivity index (χ0n) is 11.7. The van der Waals surface area contributed by atoms with Crippen LogP contribution in [-0.4, -0.2) is 22.5 Å². The van der Waals surface area contributed by atoms with Crippen molar-refractivity contribution in [2.75, 3.05) is 7.11 Å². The highest BCUT2D eigenvalue weighted by molar-refractivity contribution is 7.08. The van der Waals surface area contributed by atoms with Crippen LogP contribution in [0.4, 0.5) is 0 Å². The Bertz CT molecular complexity index is 647. The van der Waals surface area contributed by atoms with Crippen molar-refractivity contribution in [2.45, 2.75) is 26.2 Å². The molecule has 0 saturated carbocycles. The maximum Gasteiger partial charge on any atom is 0.206 e. The van der Waals surface area contributed by atoms with Crippen LogP contribution in [0.5, 0.6) is 5.75 Å². The highest BCUT2D eigenvalue weighted by Gasteiger charge is 2.27. The third kappa shape index (κ3) is 2.83. The molecule has 0 unspecified atom stereocenters. The number of ether oxygens (including phenoxy) is 1. The average Bonchev–Trinajstić information content (AvgIpc) is 2.87. The minimum Gasteiger partial charge on any atom is -0.495 e. The minimum atomic E-state index is -0.228. The van der Waals surface area contributed by atoms with Gasteiger partial charge in [-0.25, -0.2) is 0 Å². The molecule has 0 radical (unpaired) electrons. The first kappa shape index (κ1) is 14.9. The van der Waals surface area contributed by atoms with Crippen molar-refractivity contribution in [3.8, 4) is 5.75 Å². The zero-order chi connectivity index (χ0) is 14.9. The average molecular weight is 311 g/mol. The summed E-state index contributed by atoms with van der Waals surface area (Å²) in [5, 5.41) is 4.56. The van der Waals surface area contributed by atoms with E-state index in [2.05, 4.69) is 9.59 Å². The molecule has 1 aromatic carbocycles. The first-order chi connectivity index (χ1) is 9.34. The van der Waals surface area contributed by atoms with Crippen molar-refractivity contribution in [1.29, 1.82) is 0 Å². The number of hydrogen-bond acceptors (Lipinski definition) is 5. The van der Waals surface area contributed by atoms with Gasteiger partial charge in [0.25, 0.3) is 0 Å². The number of rotatable bonds is 3. The zero-order valence-corrected chi connectivity index (χ0v) is 13.3. The van der Waals surface area contributed by atoms with Gasteiger partial charge in [0.2, 0.25) is 5.78 Å². The summed E-state index contributed by atoms with van der Waals surface area (Å²) >= 11 is 7.08. The summed E-state index contributed by atoms with van der Waals surface area (Å²) < 4.78 is 9.05. The minimum absolute atomic E-state index is 0.111. The summed E-state index contributed by atoms with van der Waals surface area (Å²) in [6.45, 7) is 6.01. The van der Waals surface area contributed by atoms with Gasteiger partial charge >= 0.3 is 0 Å². The molecule has 0 N–H and O–H groups in total. The van der Waals surface area contributed by atoms with E-state index >= 15 is 0 Å². The third-order valence-electron chi connectivity index (χ3n) is 2.82. The van der Waals surface area contributed by atoms with Crippen molar-refractivity contribution in [1.82, 2.24) is 9.59 Å². The molecule has 0 aliphatic carbocycles. The van der Waals surface area contributed by atoms with E-state index < -0.39 is 0 Å². The second-order valence-electron chi connectivity index (χ2n) is 5.38. The maximum absolute atomic E-state index is 12.6. The Kier molecular flexibility index (Phi) is 4.11. The second-order valence-corrected chi connectivity index (χ2v) is 6.54. The third-order valence-corrected chi connectivity index (χ3v) is 3.85. The Morgan fingerprint density at radius 1 is 1.35 bits per heavy atom. The molecule has 6 heteroatoms. The fraction of sp³-hybridized carbons (Fsp3) is 0.357. The Hall–Kier alpha value is -1.46. The lowest BCUT2D eigenvalue weighted by Gasteiger charge is -2.16. The predicted octanol–water partition coefficient (Wildman–Crippen LogP) is 3.73. The van der Waals surface area contributed by atoms with Gasteiger partial charge in [-0.15, -0.1) is 5.10 Å². The molecule has 20 heavy (non-hydrogen) atoms. The lowest BCUT2D eigenvalue weighted by molar-refractivity contribution is 0.104.